The first-order valence-corrected chi connectivity index (χ1v) is 17.1. The Morgan fingerprint density at radius 3 is 1.86 bits per heavy atom. The van der Waals surface area contributed by atoms with Gasteiger partial charge in [0.05, 0.1) is 6.61 Å². The fraction of sp³-hybridized carbons (Fsp3) is 0.618. The predicted octanol–water partition coefficient (Wildman–Crippen LogP) is -0.947. The van der Waals surface area contributed by atoms with Crippen LogP contribution < -0.4 is 37.6 Å². The number of hydrogen-bond acceptors (Lipinski definition) is 10. The minimum absolute atomic E-state index is 0.00170. The maximum absolute atomic E-state index is 13.7. The summed E-state index contributed by atoms with van der Waals surface area (Å²) in [7, 11) is 0. The molecular weight excluding hydrogens is 650 g/mol. The molecule has 1 aromatic carbocycles. The van der Waals surface area contributed by atoms with Crippen LogP contribution >= 0.6 is 0 Å². The van der Waals surface area contributed by atoms with Crippen LogP contribution in [0.4, 0.5) is 0 Å². The number of aliphatic hydroxyl groups is 1. The van der Waals surface area contributed by atoms with E-state index in [0.29, 0.717) is 50.9 Å². The molecule has 0 saturated carbocycles. The molecule has 280 valence electrons. The van der Waals surface area contributed by atoms with Crippen molar-refractivity contribution in [3.8, 4) is 5.75 Å². The molecule has 0 heterocycles. The Bertz CT molecular complexity index is 1240. The summed E-state index contributed by atoms with van der Waals surface area (Å²) in [6, 6.07) is 1.52. The molecule has 0 radical (unpaired) electrons. The van der Waals surface area contributed by atoms with E-state index in [1.54, 1.807) is 26.0 Å². The maximum atomic E-state index is 13.7. The molecule has 6 amide bonds. The number of nitrogens with two attached hydrogens (primary N) is 1. The molecule has 16 heteroatoms. The highest BCUT2D eigenvalue weighted by molar-refractivity contribution is 6.23. The zero-order valence-corrected chi connectivity index (χ0v) is 29.3. The van der Waals surface area contributed by atoms with Gasteiger partial charge in [-0.05, 0) is 62.3 Å². The Morgan fingerprint density at radius 1 is 0.720 bits per heavy atom. The monoisotopic (exact) mass is 705 g/mol. The molecular formula is C34H55N7O9. The van der Waals surface area contributed by atoms with Crippen molar-refractivity contribution in [1.29, 1.82) is 0 Å². The average molecular weight is 706 g/mol. The van der Waals surface area contributed by atoms with Gasteiger partial charge in [-0.2, -0.15) is 0 Å². The van der Waals surface area contributed by atoms with Crippen molar-refractivity contribution < 1.29 is 43.8 Å². The number of aliphatic hydroxyl groups excluding tert-OH is 1. The van der Waals surface area contributed by atoms with Crippen LogP contribution in [0.15, 0.2) is 24.3 Å². The van der Waals surface area contributed by atoms with Crippen LogP contribution in [0.2, 0.25) is 0 Å². The quantitative estimate of drug-likeness (QED) is 0.0342. The van der Waals surface area contributed by atoms with Crippen molar-refractivity contribution >= 4 is 41.7 Å². The van der Waals surface area contributed by atoms with Crippen LogP contribution in [0.5, 0.6) is 5.75 Å². The van der Waals surface area contributed by atoms with E-state index in [4.69, 9.17) is 5.73 Å². The van der Waals surface area contributed by atoms with Crippen LogP contribution in [0.1, 0.15) is 77.7 Å². The second kappa shape index (κ2) is 24.5. The van der Waals surface area contributed by atoms with Crippen molar-refractivity contribution in [1.82, 2.24) is 31.9 Å². The number of carbonyl (C=O) groups is 7. The van der Waals surface area contributed by atoms with Gasteiger partial charge in [0.2, 0.25) is 35.8 Å². The summed E-state index contributed by atoms with van der Waals surface area (Å²) in [5.74, 6) is -4.11. The number of phenolic OH excluding ortho intramolecular Hbond substituents is 1. The van der Waals surface area contributed by atoms with E-state index in [0.717, 1.165) is 25.7 Å². The highest BCUT2D eigenvalue weighted by Gasteiger charge is 2.32. The first-order valence-electron chi connectivity index (χ1n) is 17.1. The number of rotatable bonds is 25. The zero-order valence-electron chi connectivity index (χ0n) is 29.3. The molecule has 10 N–H and O–H groups in total. The third-order valence-corrected chi connectivity index (χ3v) is 7.77. The topological polar surface area (TPSA) is 258 Å². The molecule has 16 nitrogen and oxygen atoms in total. The minimum Gasteiger partial charge on any atom is -0.508 e. The molecule has 0 aliphatic heterocycles. The number of carbonyl (C=O) groups excluding carboxylic acids is 7. The Kier molecular flexibility index (Phi) is 21.3. The van der Waals surface area contributed by atoms with Gasteiger partial charge >= 0.3 is 0 Å². The molecule has 1 aromatic rings. The number of phenols is 1. The van der Waals surface area contributed by atoms with Crippen LogP contribution in [0.25, 0.3) is 0 Å². The molecule has 0 spiro atoms. The number of aromatic hydroxyl groups is 1. The number of amides is 6. The van der Waals surface area contributed by atoms with Gasteiger partial charge in [0.1, 0.15) is 29.9 Å². The number of hydrogen-bond donors (Lipinski definition) is 9. The largest absolute Gasteiger partial charge is 0.508 e. The van der Waals surface area contributed by atoms with Gasteiger partial charge < -0.3 is 47.8 Å². The lowest BCUT2D eigenvalue weighted by atomic mass is 10.00. The highest BCUT2D eigenvalue weighted by Crippen LogP contribution is 2.13. The summed E-state index contributed by atoms with van der Waals surface area (Å²) in [5, 5.41) is 35.2. The highest BCUT2D eigenvalue weighted by atomic mass is 16.3. The third kappa shape index (κ3) is 17.7. The van der Waals surface area contributed by atoms with Gasteiger partial charge in [-0.3, -0.25) is 33.6 Å². The first-order chi connectivity index (χ1) is 23.8. The lowest BCUT2D eigenvalue weighted by Gasteiger charge is -2.28. The summed E-state index contributed by atoms with van der Waals surface area (Å²) in [5.41, 5.74) is 6.18. The van der Waals surface area contributed by atoms with Crippen molar-refractivity contribution in [3.63, 3.8) is 0 Å². The predicted molar refractivity (Wildman–Crippen MR) is 185 cm³/mol. The molecule has 0 fully saturated rings. The molecule has 0 saturated heterocycles. The van der Waals surface area contributed by atoms with Crippen LogP contribution in [0, 0.1) is 5.92 Å². The number of nitrogens with one attached hydrogen (secondary N) is 6. The van der Waals surface area contributed by atoms with Gasteiger partial charge in [-0.15, -0.1) is 0 Å². The molecule has 0 aromatic heterocycles. The van der Waals surface area contributed by atoms with E-state index < -0.39 is 72.1 Å². The standard InChI is InChI=1S/C34H55N7O9/c1-22(2)30(34(50)40-28(20-42)31(47)37-18-10-6-4-5-9-17-36-29(46)21-43)41-33(49)27(19-24-12-14-25(45)15-13-24)39-32(48)26(38-23(3)44)11-7-8-16-35/h12-15,21-22,26-28,30,42,45H,4-11,16-20,35H2,1-3H3,(H,36,46)(H,37,47)(H,38,44)(H,39,48)(H,40,50)(H,41,49)/t26-,27-,28-,30-/m0/s1. The van der Waals surface area contributed by atoms with E-state index in [-0.39, 0.29) is 18.5 Å². The number of aldehydes is 1. The Hall–Kier alpha value is -4.57. The molecule has 4 atom stereocenters. The molecule has 0 aliphatic carbocycles. The number of unbranched alkanes of at least 4 members (excludes halogenated alkanes) is 5. The summed E-state index contributed by atoms with van der Waals surface area (Å²) < 4.78 is 0. The van der Waals surface area contributed by atoms with Gasteiger partial charge in [0.15, 0.2) is 0 Å². The summed E-state index contributed by atoms with van der Waals surface area (Å²) in [6.45, 7) is 5.10. The van der Waals surface area contributed by atoms with E-state index in [2.05, 4.69) is 31.9 Å². The Balaban J connectivity index is 2.89. The molecule has 0 bridgehead atoms. The third-order valence-electron chi connectivity index (χ3n) is 7.77. The minimum atomic E-state index is -1.28. The van der Waals surface area contributed by atoms with Gasteiger partial charge in [0, 0.05) is 26.4 Å². The van der Waals surface area contributed by atoms with Gasteiger partial charge in [-0.1, -0.05) is 45.2 Å². The summed E-state index contributed by atoms with van der Waals surface area (Å²) >= 11 is 0. The first kappa shape index (κ1) is 43.5. The van der Waals surface area contributed by atoms with Crippen LogP contribution in [-0.4, -0.2) is 102 Å². The average Bonchev–Trinajstić information content (AvgIpc) is 3.08. The fourth-order valence-electron chi connectivity index (χ4n) is 4.97. The second-order valence-corrected chi connectivity index (χ2v) is 12.4. The maximum Gasteiger partial charge on any atom is 0.284 e. The summed E-state index contributed by atoms with van der Waals surface area (Å²) in [6.07, 6.45) is 5.54. The number of benzene rings is 1. The van der Waals surface area contributed by atoms with E-state index in [1.807, 2.05) is 0 Å². The second-order valence-electron chi connectivity index (χ2n) is 12.4. The van der Waals surface area contributed by atoms with E-state index in [1.165, 1.54) is 19.1 Å². The fourth-order valence-corrected chi connectivity index (χ4v) is 4.97. The SMILES string of the molecule is CC(=O)N[C@@H](CCCCN)C(=O)N[C@@H](Cc1ccc(O)cc1)C(=O)N[C@H](C(=O)N[C@@H](CO)C(=O)NCCCCCCCNC(=O)C=O)C(C)C. The Labute approximate surface area is 293 Å². The lowest BCUT2D eigenvalue weighted by molar-refractivity contribution is -0.135. The van der Waals surface area contributed by atoms with Crippen LogP contribution in [-0.2, 0) is 40.0 Å². The van der Waals surface area contributed by atoms with E-state index >= 15 is 0 Å². The van der Waals surface area contributed by atoms with Crippen molar-refractivity contribution in [2.45, 2.75) is 103 Å². The van der Waals surface area contributed by atoms with Crippen molar-refractivity contribution in [3.05, 3.63) is 29.8 Å². The van der Waals surface area contributed by atoms with E-state index in [9.17, 15) is 43.8 Å². The molecule has 0 unspecified atom stereocenters. The summed E-state index contributed by atoms with van der Waals surface area (Å²) in [4.78, 5) is 86.1. The zero-order chi connectivity index (χ0) is 37.5. The van der Waals surface area contributed by atoms with Gasteiger partial charge in [0.25, 0.3) is 5.91 Å². The normalized spacial score (nSPS) is 13.2. The van der Waals surface area contributed by atoms with Crippen LogP contribution in [0.3, 0.4) is 0 Å². The molecule has 0 aliphatic rings. The van der Waals surface area contributed by atoms with Crippen molar-refractivity contribution in [2.75, 3.05) is 26.2 Å². The lowest BCUT2D eigenvalue weighted by Crippen LogP contribution is -2.60. The molecule has 50 heavy (non-hydrogen) atoms. The smallest absolute Gasteiger partial charge is 0.284 e. The van der Waals surface area contributed by atoms with Gasteiger partial charge in [-0.25, -0.2) is 0 Å². The van der Waals surface area contributed by atoms with Crippen molar-refractivity contribution in [2.24, 2.45) is 11.7 Å². The Morgan fingerprint density at radius 2 is 1.30 bits per heavy atom. The molecule has 1 rings (SSSR count).